The van der Waals surface area contributed by atoms with Crippen molar-refractivity contribution in [2.45, 2.75) is 346 Å². The summed E-state index contributed by atoms with van der Waals surface area (Å²) in [6.07, 6.45) is 44.9. The van der Waals surface area contributed by atoms with Gasteiger partial charge in [-0.3, -0.25) is 47.5 Å². The summed E-state index contributed by atoms with van der Waals surface area (Å²) in [6.45, 7) is 11.2. The van der Waals surface area contributed by atoms with Crippen molar-refractivity contribution in [1.82, 2.24) is 0 Å². The van der Waals surface area contributed by atoms with Gasteiger partial charge >= 0.3 is 29.8 Å². The number of hydrogen-bond acceptors (Lipinski definition) is 15. The van der Waals surface area contributed by atoms with Crippen LogP contribution in [0.5, 0.6) is 28.7 Å². The molecule has 10 nitrogen and oxygen atoms in total. The van der Waals surface area contributed by atoms with Gasteiger partial charge in [-0.1, -0.05) is 220 Å². The molecule has 0 atom stereocenters. The van der Waals surface area contributed by atoms with Crippen LogP contribution in [-0.2, 0) is 56.1 Å². The second kappa shape index (κ2) is 66.0. The Bertz CT molecular complexity index is 4350. The number of carbonyl (C=O) groups excluding carboxylic acids is 5. The molecule has 760 valence electrons. The largest absolute Gasteiger partial charge is 0.426 e. The van der Waals surface area contributed by atoms with E-state index in [0.29, 0.717) is 58.3 Å². The van der Waals surface area contributed by atoms with Crippen molar-refractivity contribution in [3.63, 3.8) is 0 Å². The summed E-state index contributed by atoms with van der Waals surface area (Å²) >= 11 is 21.3. The predicted molar refractivity (Wildman–Crippen MR) is 581 cm³/mol. The molecule has 5 aliphatic carbocycles. The summed E-state index contributed by atoms with van der Waals surface area (Å²) in [4.78, 5) is 66.5. The van der Waals surface area contributed by atoms with E-state index in [1.807, 2.05) is 60.7 Å². The minimum Gasteiger partial charge on any atom is -0.426 e. The number of rotatable bonds is 35. The fraction of sp³-hybridized carbons (Fsp3) is 0.458. The Labute approximate surface area is 860 Å². The molecule has 140 heavy (non-hydrogen) atoms. The molecule has 20 heteroatoms. The minimum absolute atomic E-state index is 0. The number of hydrogen-bond donors (Lipinski definition) is 5. The third-order valence-electron chi connectivity index (χ3n) is 28.2. The molecule has 0 aromatic heterocycles. The Morgan fingerprint density at radius 3 is 0.443 bits per heavy atom. The highest BCUT2D eigenvalue weighted by Gasteiger charge is 2.34. The highest BCUT2D eigenvalue weighted by Crippen LogP contribution is 2.43. The number of ether oxygens (including phenoxy) is 5. The zero-order valence-electron chi connectivity index (χ0n) is 83.0. The smallest absolute Gasteiger partial charge is 0.314 e. The van der Waals surface area contributed by atoms with Crippen LogP contribution in [0.1, 0.15) is 345 Å². The van der Waals surface area contributed by atoms with Gasteiger partial charge in [0, 0.05) is 24.5 Å². The van der Waals surface area contributed by atoms with Crippen molar-refractivity contribution in [3.8, 4) is 28.7 Å². The van der Waals surface area contributed by atoms with E-state index in [-0.39, 0.29) is 83.0 Å². The number of carbonyl (C=O) groups is 5. The van der Waals surface area contributed by atoms with E-state index in [1.54, 1.807) is 60.7 Å². The van der Waals surface area contributed by atoms with Crippen molar-refractivity contribution in [2.75, 3.05) is 0 Å². The Morgan fingerprint density at radius 2 is 0.321 bits per heavy atom. The third-order valence-corrected chi connectivity index (χ3v) is 29.7. The number of unbranched alkanes of at least 4 members (excludes halogenated alkanes) is 10. The summed E-state index contributed by atoms with van der Waals surface area (Å²) in [5, 5.41) is 0. The van der Waals surface area contributed by atoms with Crippen LogP contribution in [0.4, 0.5) is 23.5 Å². The quantitative estimate of drug-likeness (QED) is 0.00860. The van der Waals surface area contributed by atoms with Gasteiger partial charge in [-0.15, -0.1) is 63.1 Å². The van der Waals surface area contributed by atoms with Gasteiger partial charge in [0.05, 0.1) is 29.6 Å². The molecule has 0 saturated heterocycles. The maximum atomic E-state index is 12.4. The van der Waals surface area contributed by atoms with Gasteiger partial charge in [0.25, 0.3) is 0 Å². The molecular formula is C120H155F5O10S5. The minimum atomic E-state index is -0.0911. The second-order valence-corrected chi connectivity index (χ2v) is 40.9. The van der Waals surface area contributed by atoms with Crippen molar-refractivity contribution < 1.29 is 71.2 Å². The van der Waals surface area contributed by atoms with E-state index >= 15 is 0 Å². The first kappa shape index (κ1) is 120. The van der Waals surface area contributed by atoms with Gasteiger partial charge in [-0.25, -0.2) is 0 Å². The molecule has 10 aromatic rings. The standard InChI is InChI=1S/5C24H30O2S.5FH/c5*1-2-3-4-5-18-6-8-19(9-7-18)20-10-12-21(13-11-20)24(25)26-22-14-16-23(27)17-15-22;;;;;/h5*6-9,14-17,20-21,27H,2-5,10-13H2,1H3;5*1H. The van der Waals surface area contributed by atoms with Crippen LogP contribution in [0.25, 0.3) is 0 Å². The highest BCUT2D eigenvalue weighted by molar-refractivity contribution is 7.81. The van der Waals surface area contributed by atoms with E-state index in [9.17, 15) is 24.0 Å². The average molecular weight is 2010 g/mol. The van der Waals surface area contributed by atoms with Crippen molar-refractivity contribution in [2.24, 2.45) is 29.6 Å². The fourth-order valence-electron chi connectivity index (χ4n) is 19.6. The molecular weight excluding hydrogens is 1860 g/mol. The van der Waals surface area contributed by atoms with Crippen LogP contribution in [0, 0.1) is 29.6 Å². The predicted octanol–water partition coefficient (Wildman–Crippen LogP) is 33.7. The fourth-order valence-corrected chi connectivity index (χ4v) is 20.3. The SMILES string of the molecule is CCCCCc1ccc(C2CCC(C(=O)Oc3ccc(S)cc3)CC2)cc1.CCCCCc1ccc(C2CCC(C(=O)Oc3ccc(S)cc3)CC2)cc1.CCCCCc1ccc(C2CCC(C(=O)Oc3ccc(S)cc3)CC2)cc1.CCCCCc1ccc(C2CCC(C(=O)Oc3ccc(S)cc3)CC2)cc1.CCCCCc1ccc(C2CCC(C(=O)Oc3ccc(S)cc3)CC2)cc1.F.F.F.F.F. The Balaban J connectivity index is 0.000000266. The molecule has 0 unspecified atom stereocenters. The van der Waals surface area contributed by atoms with Gasteiger partial charge in [0.15, 0.2) is 0 Å². The van der Waals surface area contributed by atoms with Crippen LogP contribution in [-0.4, -0.2) is 29.8 Å². The zero-order valence-corrected chi connectivity index (χ0v) is 87.5. The summed E-state index contributed by atoms with van der Waals surface area (Å²) < 4.78 is 27.7. The lowest BCUT2D eigenvalue weighted by Gasteiger charge is -2.27. The maximum absolute atomic E-state index is 12.4. The van der Waals surface area contributed by atoms with Gasteiger partial charge in [0.1, 0.15) is 28.7 Å². The van der Waals surface area contributed by atoms with Crippen molar-refractivity contribution >= 4 is 93.0 Å². The van der Waals surface area contributed by atoms with E-state index < -0.39 is 0 Å². The first-order valence-corrected chi connectivity index (χ1v) is 53.5. The molecule has 0 radical (unpaired) electrons. The average Bonchev–Trinajstić information content (AvgIpc) is 0.851. The van der Waals surface area contributed by atoms with E-state index in [1.165, 1.54) is 184 Å². The van der Waals surface area contributed by atoms with Gasteiger partial charge in [-0.05, 0) is 399 Å². The summed E-state index contributed by atoms with van der Waals surface area (Å²) in [5.41, 5.74) is 14.3. The lowest BCUT2D eigenvalue weighted by Crippen LogP contribution is -2.25. The molecule has 0 aliphatic heterocycles. The molecule has 0 spiro atoms. The molecule has 0 N–H and O–H groups in total. The molecule has 5 fully saturated rings. The molecule has 5 aliphatic rings. The van der Waals surface area contributed by atoms with Crippen LogP contribution < -0.4 is 23.7 Å². The molecule has 0 heterocycles. The number of thiol groups is 5. The molecule has 10 aromatic carbocycles. The van der Waals surface area contributed by atoms with Crippen LogP contribution in [0.3, 0.4) is 0 Å². The summed E-state index contributed by atoms with van der Waals surface area (Å²) in [7, 11) is 0. The van der Waals surface area contributed by atoms with Crippen LogP contribution >= 0.6 is 63.1 Å². The number of halogens is 5. The lowest BCUT2D eigenvalue weighted by atomic mass is 9.78. The topological polar surface area (TPSA) is 132 Å². The zero-order chi connectivity index (χ0) is 95.3. The normalized spacial score (nSPS) is 18.9. The van der Waals surface area contributed by atoms with Crippen molar-refractivity contribution in [1.29, 1.82) is 0 Å². The molecule has 0 amide bonds. The van der Waals surface area contributed by atoms with Gasteiger partial charge < -0.3 is 23.7 Å². The first-order valence-electron chi connectivity index (χ1n) is 51.2. The third kappa shape index (κ3) is 41.4. The first-order chi connectivity index (χ1) is 65.8. The molecule has 0 bridgehead atoms. The number of aryl methyl sites for hydroxylation is 5. The maximum Gasteiger partial charge on any atom is 0.314 e. The summed E-state index contributed by atoms with van der Waals surface area (Å²) in [5.74, 6) is 5.54. The van der Waals surface area contributed by atoms with Gasteiger partial charge in [0.2, 0.25) is 0 Å². The highest BCUT2D eigenvalue weighted by atomic mass is 32.1. The molecule has 15 rings (SSSR count). The van der Waals surface area contributed by atoms with Crippen molar-refractivity contribution in [3.05, 3.63) is 298 Å². The van der Waals surface area contributed by atoms with E-state index in [0.717, 1.165) is 153 Å². The number of esters is 5. The Hall–Kier alpha value is -9.05. The van der Waals surface area contributed by atoms with Crippen LogP contribution in [0.15, 0.2) is 267 Å². The lowest BCUT2D eigenvalue weighted by molar-refractivity contribution is -0.141. The van der Waals surface area contributed by atoms with E-state index in [4.69, 9.17) is 23.7 Å². The molecule has 5 saturated carbocycles. The second-order valence-electron chi connectivity index (χ2n) is 38.3. The van der Waals surface area contributed by atoms with Crippen LogP contribution in [0.2, 0.25) is 0 Å². The number of benzene rings is 10. The Morgan fingerprint density at radius 1 is 0.193 bits per heavy atom. The monoisotopic (exact) mass is 2010 g/mol. The van der Waals surface area contributed by atoms with Gasteiger partial charge in [-0.2, -0.15) is 0 Å². The summed E-state index contributed by atoms with van der Waals surface area (Å²) in [6, 6.07) is 82.2. The Kier molecular flexibility index (Phi) is 56.4. The van der Waals surface area contributed by atoms with E-state index in [2.05, 4.69) is 219 Å².